The van der Waals surface area contributed by atoms with Crippen LogP contribution in [0.15, 0.2) is 36.4 Å². The number of aliphatic carboxylic acids is 1. The molecule has 1 saturated heterocycles. The van der Waals surface area contributed by atoms with E-state index in [1.165, 1.54) is 6.07 Å². The van der Waals surface area contributed by atoms with E-state index in [0.29, 0.717) is 42.3 Å². The van der Waals surface area contributed by atoms with E-state index in [0.717, 1.165) is 53.9 Å². The second kappa shape index (κ2) is 10.8. The molecular formula is C26H28F3N3O2S. The Bertz CT molecular complexity index is 1190. The lowest BCUT2D eigenvalue weighted by atomic mass is 9.95. The van der Waals surface area contributed by atoms with Crippen LogP contribution in [0.5, 0.6) is 0 Å². The van der Waals surface area contributed by atoms with Crippen molar-refractivity contribution in [2.75, 3.05) is 18.0 Å². The summed E-state index contributed by atoms with van der Waals surface area (Å²) < 4.78 is 46.4. The third-order valence-corrected chi connectivity index (χ3v) is 7.14. The highest BCUT2D eigenvalue weighted by molar-refractivity contribution is 7.09. The van der Waals surface area contributed by atoms with Gasteiger partial charge < -0.3 is 10.0 Å². The Morgan fingerprint density at radius 1 is 1.14 bits per heavy atom. The summed E-state index contributed by atoms with van der Waals surface area (Å²) in [6, 6.07) is 10.2. The topological polar surface area (TPSA) is 66.3 Å². The quantitative estimate of drug-likeness (QED) is 0.364. The van der Waals surface area contributed by atoms with Gasteiger partial charge in [0.15, 0.2) is 5.82 Å². The maximum atomic E-state index is 14.0. The molecule has 1 N–H and O–H groups in total. The fourth-order valence-electron chi connectivity index (χ4n) is 4.68. The minimum Gasteiger partial charge on any atom is -0.481 e. The number of carbonyl (C=O) groups is 1. The number of benzene rings is 2. The van der Waals surface area contributed by atoms with Crippen molar-refractivity contribution in [3.63, 3.8) is 0 Å². The molecule has 0 spiro atoms. The summed E-state index contributed by atoms with van der Waals surface area (Å²) in [6.45, 7) is 3.28. The van der Waals surface area contributed by atoms with Crippen LogP contribution in [0, 0.1) is 0 Å². The monoisotopic (exact) mass is 503 g/mol. The highest BCUT2D eigenvalue weighted by Crippen LogP contribution is 2.40. The molecule has 186 valence electrons. The van der Waals surface area contributed by atoms with Crippen LogP contribution in [0.1, 0.15) is 55.7 Å². The van der Waals surface area contributed by atoms with Crippen LogP contribution in [-0.2, 0) is 23.8 Å². The van der Waals surface area contributed by atoms with Gasteiger partial charge in [-0.3, -0.25) is 4.79 Å². The summed E-state index contributed by atoms with van der Waals surface area (Å²) in [5.41, 5.74) is 2.92. The molecule has 0 aliphatic carbocycles. The summed E-state index contributed by atoms with van der Waals surface area (Å²) in [5, 5.41) is 9.37. The number of aromatic nitrogens is 2. The first-order valence-electron chi connectivity index (χ1n) is 11.9. The number of hydrogen-bond donors (Lipinski definition) is 1. The van der Waals surface area contributed by atoms with Crippen molar-refractivity contribution >= 4 is 23.2 Å². The number of anilines is 1. The normalized spacial score (nSPS) is 14.3. The van der Waals surface area contributed by atoms with Gasteiger partial charge in [0, 0.05) is 36.3 Å². The summed E-state index contributed by atoms with van der Waals surface area (Å²) in [7, 11) is 0. The molecule has 0 radical (unpaired) electrons. The number of rotatable bonds is 8. The fraction of sp³-hybridized carbons (Fsp3) is 0.423. The Hall–Kier alpha value is -2.94. The van der Waals surface area contributed by atoms with E-state index in [1.807, 2.05) is 30.0 Å². The molecule has 0 amide bonds. The van der Waals surface area contributed by atoms with Crippen molar-refractivity contribution < 1.29 is 23.1 Å². The minimum atomic E-state index is -4.46. The zero-order valence-electron chi connectivity index (χ0n) is 19.6. The van der Waals surface area contributed by atoms with Crippen LogP contribution >= 0.6 is 11.5 Å². The maximum Gasteiger partial charge on any atom is 0.418 e. The Morgan fingerprint density at radius 2 is 1.91 bits per heavy atom. The molecule has 1 fully saturated rings. The maximum absolute atomic E-state index is 14.0. The van der Waals surface area contributed by atoms with E-state index < -0.39 is 17.7 Å². The minimum absolute atomic E-state index is 0.0987. The average Bonchev–Trinajstić information content (AvgIpc) is 3.33. The lowest BCUT2D eigenvalue weighted by Crippen LogP contribution is -2.31. The molecular weight excluding hydrogens is 475 g/mol. The second-order valence-corrected chi connectivity index (χ2v) is 9.50. The largest absolute Gasteiger partial charge is 0.481 e. The zero-order chi connectivity index (χ0) is 25.0. The van der Waals surface area contributed by atoms with E-state index in [9.17, 15) is 18.0 Å². The molecule has 0 atom stereocenters. The van der Waals surface area contributed by atoms with Gasteiger partial charge in [-0.1, -0.05) is 25.1 Å². The lowest BCUT2D eigenvalue weighted by Gasteiger charge is -2.31. The predicted molar refractivity (Wildman–Crippen MR) is 132 cm³/mol. The van der Waals surface area contributed by atoms with Crippen LogP contribution in [0.4, 0.5) is 18.9 Å². The van der Waals surface area contributed by atoms with Gasteiger partial charge in [-0.05, 0) is 79.4 Å². The first-order valence-corrected chi connectivity index (χ1v) is 12.7. The average molecular weight is 504 g/mol. The van der Waals surface area contributed by atoms with Crippen molar-refractivity contribution in [3.05, 3.63) is 53.1 Å². The van der Waals surface area contributed by atoms with Crippen molar-refractivity contribution in [1.29, 1.82) is 0 Å². The van der Waals surface area contributed by atoms with Crippen LogP contribution in [0.3, 0.4) is 0 Å². The zero-order valence-corrected chi connectivity index (χ0v) is 20.4. The van der Waals surface area contributed by atoms with Crippen LogP contribution < -0.4 is 4.90 Å². The number of halogens is 3. The molecule has 0 saturated carbocycles. The van der Waals surface area contributed by atoms with Crippen molar-refractivity contribution in [2.24, 2.45) is 0 Å². The SMILES string of the molecule is CCc1c(CCCC(=O)O)cccc1-c1nsc(-c2ccc(N3CCCCC3)c(C(F)(F)F)c2)n1. The van der Waals surface area contributed by atoms with Crippen LogP contribution in [-0.4, -0.2) is 33.5 Å². The van der Waals surface area contributed by atoms with Gasteiger partial charge in [-0.15, -0.1) is 0 Å². The predicted octanol–water partition coefficient (Wildman–Crippen LogP) is 6.85. The number of alkyl halides is 3. The highest BCUT2D eigenvalue weighted by atomic mass is 32.1. The van der Waals surface area contributed by atoms with E-state index in [1.54, 1.807) is 12.1 Å². The van der Waals surface area contributed by atoms with E-state index in [2.05, 4.69) is 9.36 Å². The number of nitrogens with zero attached hydrogens (tertiary/aromatic N) is 3. The van der Waals surface area contributed by atoms with Gasteiger partial charge in [0.05, 0.1) is 5.56 Å². The van der Waals surface area contributed by atoms with Crippen molar-refractivity contribution in [3.8, 4) is 22.0 Å². The van der Waals surface area contributed by atoms with Crippen LogP contribution in [0.2, 0.25) is 0 Å². The van der Waals surface area contributed by atoms with Gasteiger partial charge >= 0.3 is 12.1 Å². The summed E-state index contributed by atoms with van der Waals surface area (Å²) in [6.07, 6.45) is 0.359. The molecule has 5 nitrogen and oxygen atoms in total. The number of hydrogen-bond acceptors (Lipinski definition) is 5. The van der Waals surface area contributed by atoms with Crippen LogP contribution in [0.25, 0.3) is 22.0 Å². The standard InChI is InChI=1S/C26H28F3N3O2S/c1-2-19-17(9-7-11-23(33)34)8-6-10-20(19)24-30-25(35-31-24)18-12-13-22(21(16-18)26(27,28)29)32-14-4-3-5-15-32/h6,8,10,12-13,16H,2-5,7,9,11,14-15H2,1H3,(H,33,34). The molecule has 1 aliphatic heterocycles. The van der Waals surface area contributed by atoms with E-state index in [4.69, 9.17) is 5.11 Å². The molecule has 1 aromatic heterocycles. The summed E-state index contributed by atoms with van der Waals surface area (Å²) in [4.78, 5) is 17.3. The number of carboxylic acid groups (broad SMARTS) is 1. The molecule has 4 rings (SSSR count). The molecule has 2 aromatic carbocycles. The van der Waals surface area contributed by atoms with Crippen molar-refractivity contribution in [2.45, 2.75) is 58.0 Å². The third kappa shape index (κ3) is 5.83. The van der Waals surface area contributed by atoms with E-state index in [-0.39, 0.29) is 12.1 Å². The fourth-order valence-corrected chi connectivity index (χ4v) is 5.35. The number of piperidine rings is 1. The molecule has 2 heterocycles. The Morgan fingerprint density at radius 3 is 2.60 bits per heavy atom. The Balaban J connectivity index is 1.65. The third-order valence-electron chi connectivity index (χ3n) is 6.38. The van der Waals surface area contributed by atoms with Gasteiger partial charge in [0.2, 0.25) is 0 Å². The number of carboxylic acids is 1. The summed E-state index contributed by atoms with van der Waals surface area (Å²) >= 11 is 1.09. The van der Waals surface area contributed by atoms with Gasteiger partial charge in [-0.2, -0.15) is 17.5 Å². The first-order chi connectivity index (χ1) is 16.8. The second-order valence-electron chi connectivity index (χ2n) is 8.74. The molecule has 35 heavy (non-hydrogen) atoms. The first kappa shape index (κ1) is 25.2. The molecule has 0 unspecified atom stereocenters. The number of aryl methyl sites for hydroxylation is 1. The molecule has 3 aromatic rings. The smallest absolute Gasteiger partial charge is 0.418 e. The highest BCUT2D eigenvalue weighted by Gasteiger charge is 2.35. The van der Waals surface area contributed by atoms with Gasteiger partial charge in [0.1, 0.15) is 5.01 Å². The van der Waals surface area contributed by atoms with Gasteiger partial charge in [0.25, 0.3) is 0 Å². The van der Waals surface area contributed by atoms with Crippen molar-refractivity contribution in [1.82, 2.24) is 9.36 Å². The Labute approximate surface area is 206 Å². The molecule has 1 aliphatic rings. The Kier molecular flexibility index (Phi) is 7.74. The molecule has 9 heteroatoms. The lowest BCUT2D eigenvalue weighted by molar-refractivity contribution is -0.138. The van der Waals surface area contributed by atoms with Gasteiger partial charge in [-0.25, -0.2) is 4.98 Å². The summed E-state index contributed by atoms with van der Waals surface area (Å²) in [5.74, 6) is -0.342. The molecule has 0 bridgehead atoms. The van der Waals surface area contributed by atoms with E-state index >= 15 is 0 Å².